The van der Waals surface area contributed by atoms with Crippen LogP contribution in [0.2, 0.25) is 0 Å². The van der Waals surface area contributed by atoms with E-state index in [0.717, 1.165) is 25.5 Å². The lowest BCUT2D eigenvalue weighted by Gasteiger charge is -2.28. The maximum atomic E-state index is 12.1. The molecule has 0 bridgehead atoms. The third kappa shape index (κ3) is 3.58. The second-order valence-electron chi connectivity index (χ2n) is 5.23. The summed E-state index contributed by atoms with van der Waals surface area (Å²) in [6, 6.07) is 5.68. The van der Waals surface area contributed by atoms with Crippen LogP contribution in [0.15, 0.2) is 29.2 Å². The number of carbonyl (C=O) groups excluding carboxylic acids is 1. The summed E-state index contributed by atoms with van der Waals surface area (Å²) < 4.78 is 23.0. The Morgan fingerprint density at radius 2 is 2.00 bits per heavy atom. The SMILES string of the molecule is CS(=O)(=O)c1cccc(C(=O)N[C@H]2CCCC[C@@H]2O)c1. The molecule has 110 valence electrons. The molecule has 1 aliphatic rings. The van der Waals surface area contributed by atoms with E-state index in [1.54, 1.807) is 12.1 Å². The quantitative estimate of drug-likeness (QED) is 0.876. The second kappa shape index (κ2) is 5.93. The molecule has 0 spiro atoms. The number of amides is 1. The highest BCUT2D eigenvalue weighted by atomic mass is 32.2. The molecule has 0 saturated heterocycles. The van der Waals surface area contributed by atoms with E-state index >= 15 is 0 Å². The molecular formula is C14H19NO4S. The monoisotopic (exact) mass is 297 g/mol. The molecule has 1 saturated carbocycles. The van der Waals surface area contributed by atoms with Gasteiger partial charge in [0.2, 0.25) is 0 Å². The van der Waals surface area contributed by atoms with Gasteiger partial charge in [0.05, 0.1) is 17.0 Å². The van der Waals surface area contributed by atoms with Gasteiger partial charge in [-0.15, -0.1) is 0 Å². The molecule has 0 radical (unpaired) electrons. The van der Waals surface area contributed by atoms with E-state index in [0.29, 0.717) is 12.0 Å². The maximum absolute atomic E-state index is 12.1. The molecule has 0 aromatic heterocycles. The van der Waals surface area contributed by atoms with E-state index in [1.165, 1.54) is 12.1 Å². The zero-order chi connectivity index (χ0) is 14.8. The van der Waals surface area contributed by atoms with Crippen LogP contribution in [0.25, 0.3) is 0 Å². The van der Waals surface area contributed by atoms with Crippen molar-refractivity contribution in [2.45, 2.75) is 42.7 Å². The van der Waals surface area contributed by atoms with E-state index in [9.17, 15) is 18.3 Å². The standard InChI is InChI=1S/C14H19NO4S/c1-20(18,19)11-6-4-5-10(9-11)14(17)15-12-7-2-3-8-13(12)16/h4-6,9,12-13,16H,2-3,7-8H2,1H3,(H,15,17)/t12-,13-/m0/s1. The van der Waals surface area contributed by atoms with Gasteiger partial charge in [-0.25, -0.2) is 8.42 Å². The van der Waals surface area contributed by atoms with Crippen molar-refractivity contribution in [3.8, 4) is 0 Å². The number of carbonyl (C=O) groups is 1. The van der Waals surface area contributed by atoms with E-state index in [4.69, 9.17) is 0 Å². The number of nitrogens with one attached hydrogen (secondary N) is 1. The number of sulfone groups is 1. The Bertz CT molecular complexity index is 597. The van der Waals surface area contributed by atoms with Crippen LogP contribution in [0.1, 0.15) is 36.0 Å². The summed E-state index contributed by atoms with van der Waals surface area (Å²) in [4.78, 5) is 12.2. The number of hydrogen-bond acceptors (Lipinski definition) is 4. The van der Waals surface area contributed by atoms with Gasteiger partial charge in [-0.1, -0.05) is 18.9 Å². The largest absolute Gasteiger partial charge is 0.391 e. The average Bonchev–Trinajstić information content (AvgIpc) is 2.40. The highest BCUT2D eigenvalue weighted by Gasteiger charge is 2.25. The molecule has 5 nitrogen and oxygen atoms in total. The fraction of sp³-hybridized carbons (Fsp3) is 0.500. The van der Waals surface area contributed by atoms with Gasteiger partial charge in [0.15, 0.2) is 9.84 Å². The van der Waals surface area contributed by atoms with Crippen molar-refractivity contribution < 1.29 is 18.3 Å². The molecule has 1 amide bonds. The van der Waals surface area contributed by atoms with Crippen LogP contribution in [-0.4, -0.2) is 37.8 Å². The fourth-order valence-corrected chi connectivity index (χ4v) is 3.07. The first kappa shape index (κ1) is 15.0. The van der Waals surface area contributed by atoms with Crippen LogP contribution in [0.5, 0.6) is 0 Å². The number of hydrogen-bond donors (Lipinski definition) is 2. The Morgan fingerprint density at radius 3 is 2.65 bits per heavy atom. The molecule has 1 aromatic rings. The predicted octanol–water partition coefficient (Wildman–Crippen LogP) is 1.12. The minimum atomic E-state index is -3.33. The summed E-state index contributed by atoms with van der Waals surface area (Å²) in [7, 11) is -3.33. The van der Waals surface area contributed by atoms with Gasteiger partial charge < -0.3 is 10.4 Å². The van der Waals surface area contributed by atoms with Crippen LogP contribution < -0.4 is 5.32 Å². The summed E-state index contributed by atoms with van der Waals surface area (Å²) in [5.74, 6) is -0.346. The molecule has 1 aromatic carbocycles. The lowest BCUT2D eigenvalue weighted by Crippen LogP contribution is -2.45. The summed E-state index contributed by atoms with van der Waals surface area (Å²) in [6.07, 6.45) is 3.97. The minimum absolute atomic E-state index is 0.120. The van der Waals surface area contributed by atoms with E-state index in [-0.39, 0.29) is 16.8 Å². The predicted molar refractivity (Wildman–Crippen MR) is 75.3 cm³/mol. The third-order valence-electron chi connectivity index (χ3n) is 3.57. The second-order valence-corrected chi connectivity index (χ2v) is 7.25. The number of benzene rings is 1. The molecule has 2 N–H and O–H groups in total. The van der Waals surface area contributed by atoms with E-state index in [1.807, 2.05) is 0 Å². The zero-order valence-electron chi connectivity index (χ0n) is 11.4. The highest BCUT2D eigenvalue weighted by molar-refractivity contribution is 7.90. The van der Waals surface area contributed by atoms with Gasteiger partial charge in [-0.3, -0.25) is 4.79 Å². The van der Waals surface area contributed by atoms with Gasteiger partial charge >= 0.3 is 0 Å². The molecule has 2 rings (SSSR count). The van der Waals surface area contributed by atoms with Crippen molar-refractivity contribution in [3.05, 3.63) is 29.8 Å². The number of aliphatic hydroxyl groups excluding tert-OH is 1. The molecule has 20 heavy (non-hydrogen) atoms. The fourth-order valence-electron chi connectivity index (χ4n) is 2.40. The van der Waals surface area contributed by atoms with Gasteiger partial charge in [-0.2, -0.15) is 0 Å². The normalized spacial score (nSPS) is 23.3. The molecular weight excluding hydrogens is 278 g/mol. The summed E-state index contributed by atoms with van der Waals surface area (Å²) in [6.45, 7) is 0. The molecule has 0 aliphatic heterocycles. The summed E-state index contributed by atoms with van der Waals surface area (Å²) in [5, 5.41) is 12.6. The molecule has 0 heterocycles. The Labute approximate surface area is 118 Å². The molecule has 1 fully saturated rings. The lowest BCUT2D eigenvalue weighted by molar-refractivity contribution is 0.0717. The Morgan fingerprint density at radius 1 is 1.30 bits per heavy atom. The van der Waals surface area contributed by atoms with Crippen LogP contribution in [0.3, 0.4) is 0 Å². The molecule has 0 unspecified atom stereocenters. The smallest absolute Gasteiger partial charge is 0.251 e. The minimum Gasteiger partial charge on any atom is -0.391 e. The van der Waals surface area contributed by atoms with Gasteiger partial charge in [0.1, 0.15) is 0 Å². The summed E-state index contributed by atoms with van der Waals surface area (Å²) >= 11 is 0. The van der Waals surface area contributed by atoms with Crippen molar-refractivity contribution in [1.29, 1.82) is 0 Å². The molecule has 2 atom stereocenters. The lowest BCUT2D eigenvalue weighted by atomic mass is 9.92. The van der Waals surface area contributed by atoms with Crippen LogP contribution in [0, 0.1) is 0 Å². The maximum Gasteiger partial charge on any atom is 0.251 e. The van der Waals surface area contributed by atoms with Crippen molar-refractivity contribution in [2.75, 3.05) is 6.26 Å². The topological polar surface area (TPSA) is 83.5 Å². The van der Waals surface area contributed by atoms with Crippen molar-refractivity contribution in [2.24, 2.45) is 0 Å². The Kier molecular flexibility index (Phi) is 4.45. The average molecular weight is 297 g/mol. The first-order valence-electron chi connectivity index (χ1n) is 6.67. The van der Waals surface area contributed by atoms with E-state index < -0.39 is 15.9 Å². The highest BCUT2D eigenvalue weighted by Crippen LogP contribution is 2.19. The zero-order valence-corrected chi connectivity index (χ0v) is 12.2. The first-order valence-corrected chi connectivity index (χ1v) is 8.56. The molecule has 6 heteroatoms. The van der Waals surface area contributed by atoms with Crippen molar-refractivity contribution in [3.63, 3.8) is 0 Å². The van der Waals surface area contributed by atoms with Crippen molar-refractivity contribution in [1.82, 2.24) is 5.32 Å². The molecule has 1 aliphatic carbocycles. The third-order valence-corrected chi connectivity index (χ3v) is 4.68. The summed E-state index contributed by atoms with van der Waals surface area (Å²) in [5.41, 5.74) is 0.297. The Hall–Kier alpha value is -1.40. The number of rotatable bonds is 3. The Balaban J connectivity index is 2.13. The van der Waals surface area contributed by atoms with Gasteiger partial charge in [0.25, 0.3) is 5.91 Å². The van der Waals surface area contributed by atoms with Crippen LogP contribution >= 0.6 is 0 Å². The van der Waals surface area contributed by atoms with Gasteiger partial charge in [0, 0.05) is 11.8 Å². The number of aliphatic hydroxyl groups is 1. The van der Waals surface area contributed by atoms with Crippen LogP contribution in [0.4, 0.5) is 0 Å². The first-order chi connectivity index (χ1) is 9.38. The van der Waals surface area contributed by atoms with E-state index in [2.05, 4.69) is 5.32 Å². The van der Waals surface area contributed by atoms with Crippen LogP contribution in [-0.2, 0) is 9.84 Å². The van der Waals surface area contributed by atoms with Gasteiger partial charge in [-0.05, 0) is 31.0 Å². The van der Waals surface area contributed by atoms with Crippen molar-refractivity contribution >= 4 is 15.7 Å².